The Morgan fingerprint density at radius 3 is 2.72 bits per heavy atom. The summed E-state index contributed by atoms with van der Waals surface area (Å²) in [4.78, 5) is 31.9. The van der Waals surface area contributed by atoms with Crippen molar-refractivity contribution in [3.63, 3.8) is 0 Å². The highest BCUT2D eigenvalue weighted by molar-refractivity contribution is 5.92. The number of methoxy groups -OCH3 is 1. The van der Waals surface area contributed by atoms with Crippen LogP contribution in [0.1, 0.15) is 49.4 Å². The molecule has 36 heavy (non-hydrogen) atoms. The fourth-order valence-electron chi connectivity index (χ4n) is 4.63. The van der Waals surface area contributed by atoms with Gasteiger partial charge in [0, 0.05) is 37.9 Å². The third kappa shape index (κ3) is 5.08. The number of fused-ring (bicyclic) bond motifs is 1. The number of esters is 1. The molecule has 8 heteroatoms. The zero-order valence-corrected chi connectivity index (χ0v) is 20.1. The molecule has 5 rings (SSSR count). The van der Waals surface area contributed by atoms with Crippen molar-refractivity contribution in [2.75, 3.05) is 20.2 Å². The third-order valence-electron chi connectivity index (χ3n) is 6.41. The molecule has 1 N–H and O–H groups in total. The van der Waals surface area contributed by atoms with Gasteiger partial charge in [-0.25, -0.2) is 9.78 Å². The van der Waals surface area contributed by atoms with Crippen LogP contribution in [0.2, 0.25) is 0 Å². The first-order valence-corrected chi connectivity index (χ1v) is 11.9. The van der Waals surface area contributed by atoms with Crippen LogP contribution in [0.25, 0.3) is 0 Å². The van der Waals surface area contributed by atoms with Gasteiger partial charge in [-0.3, -0.25) is 9.69 Å². The minimum absolute atomic E-state index is 0.0718. The number of aromatic nitrogens is 2. The SMILES string of the molecule is COC(=O)c1cccc(CCNC(=O)c2cn3c(n2)C(c2ccccc2)N(Cc2ccoc2)CC3)c1. The Bertz CT molecular complexity index is 1330. The van der Waals surface area contributed by atoms with Gasteiger partial charge in [0.2, 0.25) is 0 Å². The number of hydrogen-bond donors (Lipinski definition) is 1. The number of carbonyl (C=O) groups excluding carboxylic acids is 2. The van der Waals surface area contributed by atoms with Gasteiger partial charge in [0.05, 0.1) is 31.2 Å². The van der Waals surface area contributed by atoms with Crippen LogP contribution >= 0.6 is 0 Å². The molecule has 1 aliphatic rings. The van der Waals surface area contributed by atoms with Gasteiger partial charge in [-0.2, -0.15) is 0 Å². The summed E-state index contributed by atoms with van der Waals surface area (Å²) >= 11 is 0. The van der Waals surface area contributed by atoms with Gasteiger partial charge in [0.15, 0.2) is 0 Å². The minimum Gasteiger partial charge on any atom is -0.472 e. The van der Waals surface area contributed by atoms with Crippen molar-refractivity contribution in [1.82, 2.24) is 19.8 Å². The van der Waals surface area contributed by atoms with Crippen LogP contribution < -0.4 is 5.32 Å². The molecule has 1 unspecified atom stereocenters. The van der Waals surface area contributed by atoms with E-state index < -0.39 is 0 Å². The molecule has 0 saturated carbocycles. The number of furan rings is 1. The Hall–Kier alpha value is -4.17. The molecule has 184 valence electrons. The zero-order chi connectivity index (χ0) is 24.9. The maximum absolute atomic E-state index is 13.0. The summed E-state index contributed by atoms with van der Waals surface area (Å²) in [6.45, 7) is 2.73. The maximum atomic E-state index is 13.0. The summed E-state index contributed by atoms with van der Waals surface area (Å²) < 4.78 is 12.1. The smallest absolute Gasteiger partial charge is 0.337 e. The van der Waals surface area contributed by atoms with Gasteiger partial charge in [0.1, 0.15) is 11.5 Å². The Kier molecular flexibility index (Phi) is 6.95. The highest BCUT2D eigenvalue weighted by Gasteiger charge is 2.32. The van der Waals surface area contributed by atoms with E-state index in [9.17, 15) is 9.59 Å². The molecular weight excluding hydrogens is 456 g/mol. The molecule has 0 bridgehead atoms. The summed E-state index contributed by atoms with van der Waals surface area (Å²) in [5, 5.41) is 2.96. The Balaban J connectivity index is 1.30. The number of hydrogen-bond acceptors (Lipinski definition) is 6. The molecular formula is C28H28N4O4. The van der Waals surface area contributed by atoms with Crippen LogP contribution in [0.15, 0.2) is 83.8 Å². The molecule has 0 radical (unpaired) electrons. The maximum Gasteiger partial charge on any atom is 0.337 e. The van der Waals surface area contributed by atoms with Crippen molar-refractivity contribution >= 4 is 11.9 Å². The van der Waals surface area contributed by atoms with Crippen LogP contribution in [0.3, 0.4) is 0 Å². The van der Waals surface area contributed by atoms with Gasteiger partial charge >= 0.3 is 5.97 Å². The number of nitrogens with one attached hydrogen (secondary N) is 1. The first-order chi connectivity index (χ1) is 17.6. The molecule has 1 amide bonds. The average molecular weight is 485 g/mol. The van der Waals surface area contributed by atoms with Crippen LogP contribution in [-0.4, -0.2) is 46.5 Å². The lowest BCUT2D eigenvalue weighted by Gasteiger charge is -2.36. The van der Waals surface area contributed by atoms with E-state index in [2.05, 4.69) is 26.9 Å². The van der Waals surface area contributed by atoms with Gasteiger partial charge in [-0.05, 0) is 35.7 Å². The quantitative estimate of drug-likeness (QED) is 0.382. The van der Waals surface area contributed by atoms with Crippen molar-refractivity contribution in [2.24, 2.45) is 0 Å². The minimum atomic E-state index is -0.376. The lowest BCUT2D eigenvalue weighted by atomic mass is 10.0. The lowest BCUT2D eigenvalue weighted by molar-refractivity contribution is 0.0600. The fraction of sp³-hybridized carbons (Fsp3) is 0.250. The molecule has 0 fully saturated rings. The number of ether oxygens (including phenoxy) is 1. The van der Waals surface area contributed by atoms with Crippen molar-refractivity contribution in [2.45, 2.75) is 25.6 Å². The van der Waals surface area contributed by atoms with Crippen LogP contribution in [0, 0.1) is 0 Å². The Labute approximate surface area is 209 Å². The fourth-order valence-corrected chi connectivity index (χ4v) is 4.63. The summed E-state index contributed by atoms with van der Waals surface area (Å²) in [5.74, 6) is 0.264. The summed E-state index contributed by atoms with van der Waals surface area (Å²) in [5.41, 5.74) is 4.07. The lowest BCUT2D eigenvalue weighted by Crippen LogP contribution is -2.38. The van der Waals surface area contributed by atoms with E-state index in [0.717, 1.165) is 42.1 Å². The second kappa shape index (κ2) is 10.6. The number of carbonyl (C=O) groups is 2. The molecule has 8 nitrogen and oxygen atoms in total. The molecule has 0 aliphatic carbocycles. The van der Waals surface area contributed by atoms with E-state index in [4.69, 9.17) is 14.1 Å². The van der Waals surface area contributed by atoms with Gasteiger partial charge in [-0.1, -0.05) is 42.5 Å². The van der Waals surface area contributed by atoms with E-state index in [1.165, 1.54) is 7.11 Å². The van der Waals surface area contributed by atoms with Crippen molar-refractivity contribution in [3.8, 4) is 0 Å². The molecule has 0 saturated heterocycles. The molecule has 3 heterocycles. The number of rotatable bonds is 8. The van der Waals surface area contributed by atoms with Crippen molar-refractivity contribution < 1.29 is 18.7 Å². The van der Waals surface area contributed by atoms with E-state index in [-0.39, 0.29) is 17.9 Å². The summed E-state index contributed by atoms with van der Waals surface area (Å²) in [6, 6.07) is 19.4. The number of benzene rings is 2. The normalized spacial score (nSPS) is 15.3. The number of nitrogens with zero attached hydrogens (tertiary/aromatic N) is 3. The first-order valence-electron chi connectivity index (χ1n) is 11.9. The van der Waals surface area contributed by atoms with E-state index in [1.54, 1.807) is 24.7 Å². The summed E-state index contributed by atoms with van der Waals surface area (Å²) in [6.07, 6.45) is 5.89. The zero-order valence-electron chi connectivity index (χ0n) is 20.1. The summed E-state index contributed by atoms with van der Waals surface area (Å²) in [7, 11) is 1.36. The monoisotopic (exact) mass is 484 g/mol. The first kappa shape index (κ1) is 23.6. The van der Waals surface area contributed by atoms with Gasteiger partial charge in [0.25, 0.3) is 5.91 Å². The molecule has 1 aliphatic heterocycles. The van der Waals surface area contributed by atoms with Crippen LogP contribution in [0.4, 0.5) is 0 Å². The standard InChI is InChI=1S/C28H28N4O4/c1-35-28(34)23-9-5-6-20(16-23)10-12-29-27(33)24-18-32-14-13-31(17-21-11-15-36-19-21)25(26(32)30-24)22-7-3-2-4-8-22/h2-9,11,15-16,18-19,25H,10,12-14,17H2,1H3,(H,29,33). The highest BCUT2D eigenvalue weighted by Crippen LogP contribution is 2.32. The third-order valence-corrected chi connectivity index (χ3v) is 6.41. The van der Waals surface area contributed by atoms with E-state index in [0.29, 0.717) is 24.2 Å². The molecule has 4 aromatic rings. The molecule has 2 aromatic carbocycles. The van der Waals surface area contributed by atoms with E-state index in [1.807, 2.05) is 42.6 Å². The second-order valence-electron chi connectivity index (χ2n) is 8.79. The van der Waals surface area contributed by atoms with E-state index >= 15 is 0 Å². The highest BCUT2D eigenvalue weighted by atomic mass is 16.5. The largest absolute Gasteiger partial charge is 0.472 e. The second-order valence-corrected chi connectivity index (χ2v) is 8.79. The topological polar surface area (TPSA) is 89.6 Å². The van der Waals surface area contributed by atoms with Crippen LogP contribution in [0.5, 0.6) is 0 Å². The van der Waals surface area contributed by atoms with Gasteiger partial charge < -0.3 is 19.0 Å². The molecule has 2 aromatic heterocycles. The molecule has 0 spiro atoms. The number of amides is 1. The van der Waals surface area contributed by atoms with Crippen molar-refractivity contribution in [1.29, 1.82) is 0 Å². The Morgan fingerprint density at radius 2 is 1.94 bits per heavy atom. The van der Waals surface area contributed by atoms with Gasteiger partial charge in [-0.15, -0.1) is 0 Å². The predicted octanol–water partition coefficient (Wildman–Crippen LogP) is 3.84. The predicted molar refractivity (Wildman–Crippen MR) is 133 cm³/mol. The molecule has 1 atom stereocenters. The van der Waals surface area contributed by atoms with Crippen molar-refractivity contribution in [3.05, 3.63) is 113 Å². The number of imidazole rings is 1. The average Bonchev–Trinajstić information content (AvgIpc) is 3.59. The van der Waals surface area contributed by atoms with Crippen LogP contribution in [-0.2, 0) is 24.2 Å². The Morgan fingerprint density at radius 1 is 1.08 bits per heavy atom.